The molecule has 0 amide bonds. The Kier molecular flexibility index (Phi) is 5.88. The summed E-state index contributed by atoms with van der Waals surface area (Å²) in [7, 11) is 0. The van der Waals surface area contributed by atoms with E-state index >= 15 is 0 Å². The average Bonchev–Trinajstić information content (AvgIpc) is 2.74. The van der Waals surface area contributed by atoms with E-state index in [1.165, 1.54) is 11.3 Å². The summed E-state index contributed by atoms with van der Waals surface area (Å²) in [6, 6.07) is 16.4. The summed E-state index contributed by atoms with van der Waals surface area (Å²) < 4.78 is 0. The third-order valence-corrected chi connectivity index (χ3v) is 5.98. The number of para-hydroxylation sites is 1. The van der Waals surface area contributed by atoms with Gasteiger partial charge in [-0.1, -0.05) is 24.3 Å². The molecule has 2 aromatic rings. The van der Waals surface area contributed by atoms with E-state index < -0.39 is 0 Å². The minimum absolute atomic E-state index is 0.204. The first-order chi connectivity index (χ1) is 13.7. The van der Waals surface area contributed by atoms with E-state index in [0.29, 0.717) is 6.04 Å². The average molecular weight is 380 g/mol. The lowest BCUT2D eigenvalue weighted by Gasteiger charge is -2.36. The number of nitrogens with one attached hydrogen (secondary N) is 1. The van der Waals surface area contributed by atoms with Crippen molar-refractivity contribution in [3.05, 3.63) is 69.8 Å². The van der Waals surface area contributed by atoms with Gasteiger partial charge in [-0.05, 0) is 42.5 Å². The molecule has 1 aliphatic heterocycles. The van der Waals surface area contributed by atoms with Crippen LogP contribution in [0.15, 0.2) is 48.5 Å². The van der Waals surface area contributed by atoms with Crippen molar-refractivity contribution in [3.63, 3.8) is 0 Å². The molecule has 6 nitrogen and oxygen atoms in total. The normalized spacial score (nSPS) is 20.0. The van der Waals surface area contributed by atoms with E-state index in [0.717, 1.165) is 64.1 Å². The summed E-state index contributed by atoms with van der Waals surface area (Å²) in [5.74, 6) is 0. The predicted molar refractivity (Wildman–Crippen MR) is 112 cm³/mol. The van der Waals surface area contributed by atoms with Crippen LogP contribution >= 0.6 is 0 Å². The third-order valence-electron chi connectivity index (χ3n) is 5.98. The number of aryl methyl sites for hydroxylation is 1. The quantitative estimate of drug-likeness (QED) is 0.617. The maximum absolute atomic E-state index is 11.0. The Morgan fingerprint density at radius 1 is 1.04 bits per heavy atom. The number of fused-ring (bicyclic) bond motifs is 1. The number of nitro groups is 1. The molecule has 2 aliphatic rings. The van der Waals surface area contributed by atoms with Gasteiger partial charge in [0.1, 0.15) is 0 Å². The van der Waals surface area contributed by atoms with Gasteiger partial charge in [-0.2, -0.15) is 0 Å². The fraction of sp³-hybridized carbons (Fsp3) is 0.455. The molecule has 0 aromatic heterocycles. The Hall–Kier alpha value is -2.44. The second kappa shape index (κ2) is 8.71. The summed E-state index contributed by atoms with van der Waals surface area (Å²) in [5.41, 5.74) is 3.92. The highest BCUT2D eigenvalue weighted by Crippen LogP contribution is 2.25. The van der Waals surface area contributed by atoms with Crippen LogP contribution in [0.4, 0.5) is 11.4 Å². The van der Waals surface area contributed by atoms with E-state index in [-0.39, 0.29) is 10.6 Å². The fourth-order valence-electron chi connectivity index (χ4n) is 4.33. The molecule has 148 valence electrons. The van der Waals surface area contributed by atoms with Crippen molar-refractivity contribution in [1.82, 2.24) is 10.2 Å². The topological polar surface area (TPSA) is 61.7 Å². The first kappa shape index (κ1) is 18.9. The van der Waals surface area contributed by atoms with Crippen LogP contribution in [0.3, 0.4) is 0 Å². The SMILES string of the molecule is O=[N+]([O-])c1ccc2c(c1)CC(NCCN1CCN(c3ccccc3)CC1)CC2. The molecule has 1 fully saturated rings. The lowest BCUT2D eigenvalue weighted by Crippen LogP contribution is -2.49. The predicted octanol–water partition coefficient (Wildman–Crippen LogP) is 2.86. The van der Waals surface area contributed by atoms with Crippen molar-refractivity contribution in [1.29, 1.82) is 0 Å². The molecule has 1 saturated heterocycles. The summed E-state index contributed by atoms with van der Waals surface area (Å²) in [6.45, 7) is 6.36. The highest BCUT2D eigenvalue weighted by Gasteiger charge is 2.21. The zero-order chi connectivity index (χ0) is 19.3. The number of hydrogen-bond donors (Lipinski definition) is 1. The number of nitrogens with zero attached hydrogens (tertiary/aromatic N) is 3. The van der Waals surface area contributed by atoms with Crippen LogP contribution in [0.1, 0.15) is 17.5 Å². The largest absolute Gasteiger partial charge is 0.369 e. The Balaban J connectivity index is 1.21. The Bertz CT molecular complexity index is 803. The molecule has 28 heavy (non-hydrogen) atoms. The number of benzene rings is 2. The van der Waals surface area contributed by atoms with Gasteiger partial charge in [-0.25, -0.2) is 0 Å². The molecule has 1 unspecified atom stereocenters. The standard InChI is InChI=1S/C22H28N4O2/c27-26(28)22-9-7-18-6-8-20(16-19(18)17-22)23-10-11-24-12-14-25(15-13-24)21-4-2-1-3-5-21/h1-5,7,9,17,20,23H,6,8,10-16H2. The van der Waals surface area contributed by atoms with Crippen LogP contribution in [0.5, 0.6) is 0 Å². The molecule has 6 heteroatoms. The van der Waals surface area contributed by atoms with Crippen LogP contribution < -0.4 is 10.2 Å². The second-order valence-corrected chi connectivity index (χ2v) is 7.77. The van der Waals surface area contributed by atoms with Crippen molar-refractivity contribution in [2.75, 3.05) is 44.2 Å². The van der Waals surface area contributed by atoms with Gasteiger partial charge in [-0.15, -0.1) is 0 Å². The third kappa shape index (κ3) is 4.51. The summed E-state index contributed by atoms with van der Waals surface area (Å²) in [6.07, 6.45) is 2.99. The Morgan fingerprint density at radius 3 is 2.57 bits per heavy atom. The number of anilines is 1. The zero-order valence-electron chi connectivity index (χ0n) is 16.2. The monoisotopic (exact) mass is 380 g/mol. The molecule has 0 radical (unpaired) electrons. The Morgan fingerprint density at radius 2 is 1.82 bits per heavy atom. The second-order valence-electron chi connectivity index (χ2n) is 7.77. The number of rotatable bonds is 6. The maximum atomic E-state index is 11.0. The maximum Gasteiger partial charge on any atom is 0.269 e. The summed E-state index contributed by atoms with van der Waals surface area (Å²) >= 11 is 0. The molecule has 4 rings (SSSR count). The summed E-state index contributed by atoms with van der Waals surface area (Å²) in [4.78, 5) is 15.7. The molecule has 0 saturated carbocycles. The van der Waals surface area contributed by atoms with Gasteiger partial charge in [0.25, 0.3) is 5.69 Å². The molecule has 1 heterocycles. The molecule has 1 aliphatic carbocycles. The van der Waals surface area contributed by atoms with Crippen LogP contribution in [0, 0.1) is 10.1 Å². The number of piperazine rings is 1. The zero-order valence-corrected chi connectivity index (χ0v) is 16.2. The highest BCUT2D eigenvalue weighted by molar-refractivity contribution is 5.46. The van der Waals surface area contributed by atoms with Gasteiger partial charge in [0.2, 0.25) is 0 Å². The summed E-state index contributed by atoms with van der Waals surface area (Å²) in [5, 5.41) is 14.7. The molecule has 2 aromatic carbocycles. The molecule has 1 N–H and O–H groups in total. The minimum Gasteiger partial charge on any atom is -0.369 e. The van der Waals surface area contributed by atoms with E-state index in [2.05, 4.69) is 45.4 Å². The Labute approximate surface area is 166 Å². The van der Waals surface area contributed by atoms with E-state index in [1.54, 1.807) is 12.1 Å². The first-order valence-electron chi connectivity index (χ1n) is 10.2. The van der Waals surface area contributed by atoms with Gasteiger partial charge in [-0.3, -0.25) is 15.0 Å². The molecular formula is C22H28N4O2. The van der Waals surface area contributed by atoms with Crippen molar-refractivity contribution < 1.29 is 4.92 Å². The van der Waals surface area contributed by atoms with Gasteiger partial charge in [0.15, 0.2) is 0 Å². The van der Waals surface area contributed by atoms with Crippen molar-refractivity contribution in [2.45, 2.75) is 25.3 Å². The van der Waals surface area contributed by atoms with Gasteiger partial charge >= 0.3 is 0 Å². The number of hydrogen-bond acceptors (Lipinski definition) is 5. The lowest BCUT2D eigenvalue weighted by molar-refractivity contribution is -0.384. The smallest absolute Gasteiger partial charge is 0.269 e. The van der Waals surface area contributed by atoms with Gasteiger partial charge in [0.05, 0.1) is 4.92 Å². The van der Waals surface area contributed by atoms with Crippen LogP contribution in [-0.2, 0) is 12.8 Å². The van der Waals surface area contributed by atoms with E-state index in [9.17, 15) is 10.1 Å². The minimum atomic E-state index is -0.299. The van der Waals surface area contributed by atoms with Crippen LogP contribution in [-0.4, -0.2) is 55.1 Å². The van der Waals surface area contributed by atoms with Gasteiger partial charge < -0.3 is 10.2 Å². The van der Waals surface area contributed by atoms with Crippen molar-refractivity contribution in [2.24, 2.45) is 0 Å². The van der Waals surface area contributed by atoms with Crippen LogP contribution in [0.25, 0.3) is 0 Å². The van der Waals surface area contributed by atoms with Gasteiger partial charge in [0, 0.05) is 63.1 Å². The lowest BCUT2D eigenvalue weighted by atomic mass is 9.88. The molecule has 0 bridgehead atoms. The fourth-order valence-corrected chi connectivity index (χ4v) is 4.33. The first-order valence-corrected chi connectivity index (χ1v) is 10.2. The van der Waals surface area contributed by atoms with Crippen LogP contribution in [0.2, 0.25) is 0 Å². The highest BCUT2D eigenvalue weighted by atomic mass is 16.6. The molecule has 1 atom stereocenters. The van der Waals surface area contributed by atoms with E-state index in [4.69, 9.17) is 0 Å². The van der Waals surface area contributed by atoms with Crippen molar-refractivity contribution in [3.8, 4) is 0 Å². The molecule has 0 spiro atoms. The molecular weight excluding hydrogens is 352 g/mol. The van der Waals surface area contributed by atoms with E-state index in [1.807, 2.05) is 6.07 Å². The number of nitro benzene ring substituents is 1. The van der Waals surface area contributed by atoms with Crippen molar-refractivity contribution >= 4 is 11.4 Å². The number of non-ortho nitro benzene ring substituents is 1.